The molecule has 0 fully saturated rings. The zero-order valence-corrected chi connectivity index (χ0v) is 13.0. The van der Waals surface area contributed by atoms with Crippen molar-refractivity contribution in [1.29, 1.82) is 0 Å². The quantitative estimate of drug-likeness (QED) is 0.873. The number of carbonyl (C=O) groups excluding carboxylic acids is 1. The number of halogens is 1. The number of amides is 1. The van der Waals surface area contributed by atoms with Crippen molar-refractivity contribution in [2.24, 2.45) is 11.1 Å². The molecule has 0 unspecified atom stereocenters. The molecule has 5 heteroatoms. The second kappa shape index (κ2) is 6.44. The molecule has 1 heterocycles. The first-order chi connectivity index (χ1) is 8.84. The molecule has 0 aliphatic carbocycles. The van der Waals surface area contributed by atoms with Gasteiger partial charge in [0.25, 0.3) is 5.91 Å². The molecule has 1 aromatic heterocycles. The number of aryl methyl sites for hydroxylation is 1. The van der Waals surface area contributed by atoms with Crippen molar-refractivity contribution in [3.63, 3.8) is 0 Å². The fraction of sp³-hybridized carbons (Fsp3) is 0.643. The number of hydrogen-bond acceptors (Lipinski definition) is 2. The van der Waals surface area contributed by atoms with Crippen LogP contribution >= 0.6 is 11.6 Å². The first-order valence-corrected chi connectivity index (χ1v) is 7.07. The predicted molar refractivity (Wildman–Crippen MR) is 79.5 cm³/mol. The molecule has 1 rings (SSSR count). The van der Waals surface area contributed by atoms with Gasteiger partial charge in [0, 0.05) is 25.8 Å². The average Bonchev–Trinajstić information content (AvgIpc) is 2.76. The van der Waals surface area contributed by atoms with Crippen LogP contribution in [0.4, 0.5) is 0 Å². The van der Waals surface area contributed by atoms with Crippen molar-refractivity contribution in [1.82, 2.24) is 9.47 Å². The Kier molecular flexibility index (Phi) is 5.44. The minimum absolute atomic E-state index is 0.0118. The van der Waals surface area contributed by atoms with Crippen LogP contribution in [-0.4, -0.2) is 35.0 Å². The van der Waals surface area contributed by atoms with E-state index in [-0.39, 0.29) is 11.3 Å². The van der Waals surface area contributed by atoms with Gasteiger partial charge in [-0.05, 0) is 31.9 Å². The molecule has 1 aromatic rings. The molecule has 0 radical (unpaired) electrons. The molecule has 1 amide bonds. The van der Waals surface area contributed by atoms with Gasteiger partial charge in [0.2, 0.25) is 0 Å². The highest BCUT2D eigenvalue weighted by atomic mass is 35.5. The fourth-order valence-corrected chi connectivity index (χ4v) is 2.21. The molecule has 0 atom stereocenters. The number of nitrogens with two attached hydrogens (primary N) is 1. The minimum atomic E-state index is -0.0842. The third kappa shape index (κ3) is 3.98. The molecule has 0 aliphatic heterocycles. The molecule has 0 aliphatic rings. The van der Waals surface area contributed by atoms with Crippen LogP contribution < -0.4 is 5.73 Å². The molecule has 0 bridgehead atoms. The van der Waals surface area contributed by atoms with Crippen LogP contribution in [0.15, 0.2) is 12.3 Å². The summed E-state index contributed by atoms with van der Waals surface area (Å²) in [6, 6.07) is 1.73. The third-order valence-electron chi connectivity index (χ3n) is 3.26. The van der Waals surface area contributed by atoms with Gasteiger partial charge in [-0.1, -0.05) is 25.4 Å². The monoisotopic (exact) mass is 285 g/mol. The van der Waals surface area contributed by atoms with E-state index in [4.69, 9.17) is 17.3 Å². The highest BCUT2D eigenvalue weighted by molar-refractivity contribution is 6.31. The molecule has 0 spiro atoms. The smallest absolute Gasteiger partial charge is 0.270 e. The van der Waals surface area contributed by atoms with E-state index in [1.807, 2.05) is 23.3 Å². The van der Waals surface area contributed by atoms with Crippen molar-refractivity contribution in [2.75, 3.05) is 19.6 Å². The number of hydrogen-bond donors (Lipinski definition) is 1. The summed E-state index contributed by atoms with van der Waals surface area (Å²) in [6.07, 6.45) is 1.79. The van der Waals surface area contributed by atoms with Gasteiger partial charge in [-0.15, -0.1) is 0 Å². The van der Waals surface area contributed by atoms with Crippen LogP contribution in [-0.2, 0) is 6.54 Å². The lowest BCUT2D eigenvalue weighted by atomic mass is 9.93. The Morgan fingerprint density at radius 3 is 2.58 bits per heavy atom. The van der Waals surface area contributed by atoms with Crippen LogP contribution in [0.3, 0.4) is 0 Å². The van der Waals surface area contributed by atoms with Gasteiger partial charge < -0.3 is 15.2 Å². The fourth-order valence-electron chi connectivity index (χ4n) is 1.99. The maximum Gasteiger partial charge on any atom is 0.270 e. The van der Waals surface area contributed by atoms with E-state index in [1.54, 1.807) is 12.3 Å². The molecule has 0 aromatic carbocycles. The molecular formula is C14H24ClN3O. The number of nitrogens with zero attached hydrogens (tertiary/aromatic N) is 2. The SMILES string of the molecule is CCN(CC(C)(C)CN)C(=O)c1cc(Cl)cn1CC. The zero-order valence-electron chi connectivity index (χ0n) is 12.2. The molecule has 0 saturated carbocycles. The van der Waals surface area contributed by atoms with Gasteiger partial charge in [-0.3, -0.25) is 4.79 Å². The molecule has 4 nitrogen and oxygen atoms in total. The summed E-state index contributed by atoms with van der Waals surface area (Å²) in [5.41, 5.74) is 6.30. The van der Waals surface area contributed by atoms with E-state index in [9.17, 15) is 4.79 Å². The summed E-state index contributed by atoms with van der Waals surface area (Å²) >= 11 is 5.99. The number of rotatable bonds is 6. The van der Waals surface area contributed by atoms with E-state index >= 15 is 0 Å². The van der Waals surface area contributed by atoms with Gasteiger partial charge in [0.05, 0.1) is 5.02 Å². The van der Waals surface area contributed by atoms with E-state index in [2.05, 4.69) is 13.8 Å². The highest BCUT2D eigenvalue weighted by Crippen LogP contribution is 2.19. The zero-order chi connectivity index (χ0) is 14.6. The van der Waals surface area contributed by atoms with Crippen LogP contribution in [0.1, 0.15) is 38.2 Å². The van der Waals surface area contributed by atoms with Crippen molar-refractivity contribution in [3.05, 3.63) is 23.0 Å². The van der Waals surface area contributed by atoms with Crippen LogP contribution in [0.2, 0.25) is 5.02 Å². The lowest BCUT2D eigenvalue weighted by Crippen LogP contribution is -2.42. The standard InChI is InChI=1S/C14H24ClN3O/c1-5-17-8-11(15)7-12(17)13(19)18(6-2)10-14(3,4)9-16/h7-8H,5-6,9-10,16H2,1-4H3. The Morgan fingerprint density at radius 2 is 2.11 bits per heavy atom. The second-order valence-electron chi connectivity index (χ2n) is 5.52. The third-order valence-corrected chi connectivity index (χ3v) is 3.47. The summed E-state index contributed by atoms with van der Waals surface area (Å²) in [6.45, 7) is 10.7. The summed E-state index contributed by atoms with van der Waals surface area (Å²) in [7, 11) is 0. The summed E-state index contributed by atoms with van der Waals surface area (Å²) in [5.74, 6) is 0.0118. The molecule has 2 N–H and O–H groups in total. The number of aromatic nitrogens is 1. The summed E-state index contributed by atoms with van der Waals surface area (Å²) < 4.78 is 1.88. The van der Waals surface area contributed by atoms with E-state index in [0.29, 0.717) is 30.4 Å². The summed E-state index contributed by atoms with van der Waals surface area (Å²) in [4.78, 5) is 14.4. The maximum atomic E-state index is 12.6. The number of carbonyl (C=O) groups is 1. The minimum Gasteiger partial charge on any atom is -0.342 e. The van der Waals surface area contributed by atoms with Gasteiger partial charge in [-0.2, -0.15) is 0 Å². The molecule has 108 valence electrons. The van der Waals surface area contributed by atoms with Crippen molar-refractivity contribution < 1.29 is 4.79 Å². The molecule has 19 heavy (non-hydrogen) atoms. The summed E-state index contributed by atoms with van der Waals surface area (Å²) in [5, 5.41) is 0.597. The van der Waals surface area contributed by atoms with Gasteiger partial charge in [-0.25, -0.2) is 0 Å². The first kappa shape index (κ1) is 16.1. The predicted octanol–water partition coefficient (Wildman–Crippen LogP) is 2.61. The largest absolute Gasteiger partial charge is 0.342 e. The van der Waals surface area contributed by atoms with Crippen LogP contribution in [0.25, 0.3) is 0 Å². The van der Waals surface area contributed by atoms with E-state index in [1.165, 1.54) is 0 Å². The second-order valence-corrected chi connectivity index (χ2v) is 5.95. The Bertz CT molecular complexity index is 440. The Labute approximate surface area is 120 Å². The van der Waals surface area contributed by atoms with Crippen molar-refractivity contribution >= 4 is 17.5 Å². The average molecular weight is 286 g/mol. The molecule has 0 saturated heterocycles. The van der Waals surface area contributed by atoms with Crippen LogP contribution in [0, 0.1) is 5.41 Å². The van der Waals surface area contributed by atoms with Crippen LogP contribution in [0.5, 0.6) is 0 Å². The normalized spacial score (nSPS) is 11.7. The Morgan fingerprint density at radius 1 is 1.47 bits per heavy atom. The van der Waals surface area contributed by atoms with Gasteiger partial charge in [0.15, 0.2) is 0 Å². The lowest BCUT2D eigenvalue weighted by molar-refractivity contribution is 0.0690. The van der Waals surface area contributed by atoms with Gasteiger partial charge >= 0.3 is 0 Å². The lowest BCUT2D eigenvalue weighted by Gasteiger charge is -2.31. The highest BCUT2D eigenvalue weighted by Gasteiger charge is 2.25. The Hall–Kier alpha value is -1.00. The topological polar surface area (TPSA) is 51.3 Å². The van der Waals surface area contributed by atoms with E-state index < -0.39 is 0 Å². The Balaban J connectivity index is 2.95. The van der Waals surface area contributed by atoms with Gasteiger partial charge in [0.1, 0.15) is 5.69 Å². The van der Waals surface area contributed by atoms with Crippen molar-refractivity contribution in [2.45, 2.75) is 34.2 Å². The first-order valence-electron chi connectivity index (χ1n) is 6.69. The van der Waals surface area contributed by atoms with Crippen molar-refractivity contribution in [3.8, 4) is 0 Å². The maximum absolute atomic E-state index is 12.6. The van der Waals surface area contributed by atoms with E-state index in [0.717, 1.165) is 6.54 Å². The molecular weight excluding hydrogens is 262 g/mol.